The van der Waals surface area contributed by atoms with Gasteiger partial charge in [-0.1, -0.05) is 0 Å². The topological polar surface area (TPSA) is 65.9 Å². The molecule has 1 rings (SSSR count). The molecule has 21 heavy (non-hydrogen) atoms. The molecular formula is C15H27N3O2S. The highest BCUT2D eigenvalue weighted by Gasteiger charge is 2.23. The van der Waals surface area contributed by atoms with Gasteiger partial charge in [0.15, 0.2) is 5.96 Å². The molecule has 0 aliphatic heterocycles. The van der Waals surface area contributed by atoms with E-state index in [4.69, 9.17) is 4.74 Å². The summed E-state index contributed by atoms with van der Waals surface area (Å²) in [6.45, 7) is 9.21. The van der Waals surface area contributed by atoms with Crippen molar-refractivity contribution in [3.8, 4) is 0 Å². The van der Waals surface area contributed by atoms with Crippen molar-refractivity contribution in [2.45, 2.75) is 32.8 Å². The Morgan fingerprint density at radius 3 is 2.86 bits per heavy atom. The molecule has 0 saturated carbocycles. The lowest BCUT2D eigenvalue weighted by molar-refractivity contribution is 0.0677. The quantitative estimate of drug-likeness (QED) is 0.370. The van der Waals surface area contributed by atoms with Crippen molar-refractivity contribution in [3.05, 3.63) is 22.4 Å². The molecule has 120 valence electrons. The van der Waals surface area contributed by atoms with Crippen LogP contribution in [0.2, 0.25) is 0 Å². The second-order valence-electron chi connectivity index (χ2n) is 4.96. The molecule has 3 N–H and O–H groups in total. The maximum atomic E-state index is 10.5. The fraction of sp³-hybridized carbons (Fsp3) is 0.667. The van der Waals surface area contributed by atoms with Crippen molar-refractivity contribution < 1.29 is 9.84 Å². The van der Waals surface area contributed by atoms with Crippen LogP contribution in [-0.2, 0) is 10.3 Å². The molecule has 1 aromatic heterocycles. The number of ether oxygens (including phenoxy) is 1. The van der Waals surface area contributed by atoms with Gasteiger partial charge < -0.3 is 20.5 Å². The fourth-order valence-corrected chi connectivity index (χ4v) is 2.55. The van der Waals surface area contributed by atoms with Crippen molar-refractivity contribution in [1.82, 2.24) is 10.6 Å². The molecule has 1 aromatic rings. The molecule has 0 fully saturated rings. The van der Waals surface area contributed by atoms with E-state index in [1.54, 1.807) is 18.3 Å². The van der Waals surface area contributed by atoms with Gasteiger partial charge in [0.1, 0.15) is 5.60 Å². The Bertz CT molecular complexity index is 405. The Morgan fingerprint density at radius 1 is 1.43 bits per heavy atom. The van der Waals surface area contributed by atoms with Gasteiger partial charge in [-0.3, -0.25) is 0 Å². The molecule has 0 bridgehead atoms. The molecule has 0 amide bonds. The first-order valence-electron chi connectivity index (χ1n) is 7.45. The Labute approximate surface area is 131 Å². The molecule has 0 aliphatic carbocycles. The van der Waals surface area contributed by atoms with E-state index in [0.29, 0.717) is 6.54 Å². The first-order chi connectivity index (χ1) is 10.1. The van der Waals surface area contributed by atoms with Gasteiger partial charge in [-0.05, 0) is 49.6 Å². The minimum absolute atomic E-state index is 0.324. The molecular weight excluding hydrogens is 286 g/mol. The Balaban J connectivity index is 2.47. The van der Waals surface area contributed by atoms with Crippen molar-refractivity contribution in [1.29, 1.82) is 0 Å². The van der Waals surface area contributed by atoms with Crippen LogP contribution < -0.4 is 10.6 Å². The molecule has 0 saturated heterocycles. The smallest absolute Gasteiger partial charge is 0.191 e. The number of nitrogens with one attached hydrogen (secondary N) is 2. The summed E-state index contributed by atoms with van der Waals surface area (Å²) in [6, 6.07) is 1.93. The van der Waals surface area contributed by atoms with Crippen LogP contribution in [0, 0.1) is 0 Å². The van der Waals surface area contributed by atoms with Gasteiger partial charge in [-0.15, -0.1) is 0 Å². The van der Waals surface area contributed by atoms with Crippen LogP contribution in [0.15, 0.2) is 21.8 Å². The van der Waals surface area contributed by atoms with E-state index in [9.17, 15) is 5.11 Å². The molecule has 6 heteroatoms. The largest absolute Gasteiger partial charge is 0.383 e. The van der Waals surface area contributed by atoms with Crippen LogP contribution in [0.4, 0.5) is 0 Å². The van der Waals surface area contributed by atoms with Gasteiger partial charge in [-0.2, -0.15) is 11.3 Å². The minimum Gasteiger partial charge on any atom is -0.383 e. The van der Waals surface area contributed by atoms with Gasteiger partial charge in [0, 0.05) is 26.3 Å². The number of nitrogens with zero attached hydrogens (tertiary/aromatic N) is 1. The third-order valence-electron chi connectivity index (χ3n) is 2.99. The van der Waals surface area contributed by atoms with Gasteiger partial charge in [0.2, 0.25) is 0 Å². The summed E-state index contributed by atoms with van der Waals surface area (Å²) >= 11 is 1.58. The van der Waals surface area contributed by atoms with Crippen molar-refractivity contribution in [3.63, 3.8) is 0 Å². The van der Waals surface area contributed by atoms with Crippen LogP contribution in [0.25, 0.3) is 0 Å². The number of rotatable bonds is 9. The molecule has 0 aromatic carbocycles. The lowest BCUT2D eigenvalue weighted by Gasteiger charge is -2.21. The summed E-state index contributed by atoms with van der Waals surface area (Å²) in [4.78, 5) is 4.47. The molecule has 1 heterocycles. The van der Waals surface area contributed by atoms with Gasteiger partial charge in [0.05, 0.1) is 6.54 Å². The predicted octanol–water partition coefficient (Wildman–Crippen LogP) is 1.94. The van der Waals surface area contributed by atoms with Crippen molar-refractivity contribution in [2.24, 2.45) is 4.99 Å². The van der Waals surface area contributed by atoms with Gasteiger partial charge in [0.25, 0.3) is 0 Å². The number of aliphatic hydroxyl groups is 1. The van der Waals surface area contributed by atoms with E-state index >= 15 is 0 Å². The molecule has 0 radical (unpaired) electrons. The normalized spacial score (nSPS) is 14.8. The van der Waals surface area contributed by atoms with Crippen molar-refractivity contribution >= 4 is 17.3 Å². The summed E-state index contributed by atoms with van der Waals surface area (Å²) in [7, 11) is 0. The zero-order valence-electron chi connectivity index (χ0n) is 13.2. The molecule has 0 spiro atoms. The first kappa shape index (κ1) is 17.9. The average Bonchev–Trinajstić information content (AvgIpc) is 2.99. The highest BCUT2D eigenvalue weighted by molar-refractivity contribution is 7.08. The van der Waals surface area contributed by atoms with Crippen LogP contribution in [-0.4, -0.2) is 43.9 Å². The highest BCUT2D eigenvalue weighted by Crippen LogP contribution is 2.23. The van der Waals surface area contributed by atoms with Crippen LogP contribution in [0.1, 0.15) is 32.8 Å². The maximum absolute atomic E-state index is 10.5. The minimum atomic E-state index is -0.937. The Hall–Kier alpha value is -1.11. The fourth-order valence-electron chi connectivity index (χ4n) is 1.76. The van der Waals surface area contributed by atoms with Crippen LogP contribution in [0.3, 0.4) is 0 Å². The predicted molar refractivity (Wildman–Crippen MR) is 89.0 cm³/mol. The van der Waals surface area contributed by atoms with Crippen LogP contribution in [0.5, 0.6) is 0 Å². The molecule has 0 aliphatic rings. The van der Waals surface area contributed by atoms with E-state index in [1.807, 2.05) is 30.7 Å². The third-order valence-corrected chi connectivity index (χ3v) is 3.68. The van der Waals surface area contributed by atoms with E-state index in [-0.39, 0.29) is 0 Å². The van der Waals surface area contributed by atoms with E-state index in [1.165, 1.54) is 0 Å². The summed E-state index contributed by atoms with van der Waals surface area (Å²) in [5.41, 5.74) is -0.0309. The molecule has 1 unspecified atom stereocenters. The SMILES string of the molecule is CCNC(=NCC(C)(O)c1ccsc1)NCCCOCC. The van der Waals surface area contributed by atoms with E-state index < -0.39 is 5.60 Å². The second kappa shape index (κ2) is 9.76. The second-order valence-corrected chi connectivity index (χ2v) is 5.74. The zero-order chi connectivity index (χ0) is 15.6. The zero-order valence-corrected chi connectivity index (χ0v) is 14.0. The van der Waals surface area contributed by atoms with E-state index in [2.05, 4.69) is 15.6 Å². The van der Waals surface area contributed by atoms with Gasteiger partial charge >= 0.3 is 0 Å². The number of thiophene rings is 1. The first-order valence-corrected chi connectivity index (χ1v) is 8.39. The lowest BCUT2D eigenvalue weighted by Crippen LogP contribution is -2.39. The Kier molecular flexibility index (Phi) is 8.34. The standard InChI is InChI=1S/C15H27N3O2S/c1-4-16-14(17-8-6-9-20-5-2)18-12-15(3,19)13-7-10-21-11-13/h7,10-11,19H,4-6,8-9,12H2,1-3H3,(H2,16,17,18). The van der Waals surface area contributed by atoms with E-state index in [0.717, 1.165) is 44.2 Å². The van der Waals surface area contributed by atoms with Crippen molar-refractivity contribution in [2.75, 3.05) is 32.8 Å². The number of aliphatic imine (C=N–C) groups is 1. The summed E-state index contributed by atoms with van der Waals surface area (Å²) in [6.07, 6.45) is 0.930. The number of hydrogen-bond donors (Lipinski definition) is 3. The lowest BCUT2D eigenvalue weighted by atomic mass is 10.00. The molecule has 5 nitrogen and oxygen atoms in total. The maximum Gasteiger partial charge on any atom is 0.191 e. The van der Waals surface area contributed by atoms with Crippen LogP contribution >= 0.6 is 11.3 Å². The summed E-state index contributed by atoms with van der Waals surface area (Å²) in [5, 5.41) is 20.8. The monoisotopic (exact) mass is 313 g/mol. The average molecular weight is 313 g/mol. The molecule has 1 atom stereocenters. The highest BCUT2D eigenvalue weighted by atomic mass is 32.1. The van der Waals surface area contributed by atoms with Gasteiger partial charge in [-0.25, -0.2) is 4.99 Å². The Morgan fingerprint density at radius 2 is 2.24 bits per heavy atom. The number of hydrogen-bond acceptors (Lipinski definition) is 4. The summed E-state index contributed by atoms with van der Waals surface area (Å²) < 4.78 is 5.30. The summed E-state index contributed by atoms with van der Waals surface area (Å²) in [5.74, 6) is 0.726. The number of guanidine groups is 1. The third kappa shape index (κ3) is 6.93.